The number of fused-ring (bicyclic) bond motifs is 1. The molecule has 8 nitrogen and oxygen atoms in total. The standard InChI is InChI=1S/C24H24N6O2/c1-16-26-15-22(29(16)2)19-9-18-10-20(27-14-21(18)28-13-19)12-23(31)17-3-4-25-24(11-17)30-5-7-32-8-6-30/h3-4,9-11,13-15H,5-8,12H2,1-2H3. The van der Waals surface area contributed by atoms with Gasteiger partial charge in [-0.3, -0.25) is 14.8 Å². The largest absolute Gasteiger partial charge is 0.378 e. The first kappa shape index (κ1) is 20.3. The van der Waals surface area contributed by atoms with Gasteiger partial charge in [0.2, 0.25) is 0 Å². The molecule has 32 heavy (non-hydrogen) atoms. The Labute approximate surface area is 185 Å². The summed E-state index contributed by atoms with van der Waals surface area (Å²) in [7, 11) is 1.98. The zero-order valence-electron chi connectivity index (χ0n) is 18.2. The summed E-state index contributed by atoms with van der Waals surface area (Å²) >= 11 is 0. The molecule has 1 saturated heterocycles. The Hall–Kier alpha value is -3.65. The number of morpholine rings is 1. The summed E-state index contributed by atoms with van der Waals surface area (Å²) in [5.74, 6) is 1.76. The maximum absolute atomic E-state index is 13.0. The highest BCUT2D eigenvalue weighted by molar-refractivity contribution is 5.98. The number of ketones is 1. The van der Waals surface area contributed by atoms with Crippen molar-refractivity contribution in [2.45, 2.75) is 13.3 Å². The molecule has 5 heterocycles. The molecule has 8 heteroatoms. The van der Waals surface area contributed by atoms with Crippen LogP contribution < -0.4 is 4.90 Å². The van der Waals surface area contributed by atoms with Crippen LogP contribution in [0.5, 0.6) is 0 Å². The van der Waals surface area contributed by atoms with Gasteiger partial charge in [-0.1, -0.05) is 0 Å². The molecule has 1 aliphatic heterocycles. The highest BCUT2D eigenvalue weighted by atomic mass is 16.5. The molecule has 0 N–H and O–H groups in total. The van der Waals surface area contributed by atoms with Crippen molar-refractivity contribution in [1.29, 1.82) is 0 Å². The van der Waals surface area contributed by atoms with Crippen molar-refractivity contribution in [2.24, 2.45) is 7.05 Å². The number of rotatable bonds is 5. The van der Waals surface area contributed by atoms with Crippen LogP contribution in [0.1, 0.15) is 21.9 Å². The molecule has 0 unspecified atom stereocenters. The van der Waals surface area contributed by atoms with Gasteiger partial charge in [-0.2, -0.15) is 0 Å². The number of hydrogen-bond donors (Lipinski definition) is 0. The summed E-state index contributed by atoms with van der Waals surface area (Å²) in [6, 6.07) is 7.63. The maximum Gasteiger partial charge on any atom is 0.169 e. The molecule has 0 aromatic carbocycles. The van der Waals surface area contributed by atoms with E-state index in [1.807, 2.05) is 43.1 Å². The van der Waals surface area contributed by atoms with E-state index >= 15 is 0 Å². The normalized spacial score (nSPS) is 14.1. The van der Waals surface area contributed by atoms with E-state index in [-0.39, 0.29) is 12.2 Å². The van der Waals surface area contributed by atoms with Crippen molar-refractivity contribution in [3.05, 3.63) is 66.1 Å². The molecule has 4 aromatic heterocycles. The molecule has 0 saturated carbocycles. The third-order valence-electron chi connectivity index (χ3n) is 5.88. The van der Waals surface area contributed by atoms with Crippen molar-refractivity contribution < 1.29 is 9.53 Å². The van der Waals surface area contributed by atoms with E-state index in [1.54, 1.807) is 18.5 Å². The first-order valence-electron chi connectivity index (χ1n) is 10.6. The second-order valence-corrected chi connectivity index (χ2v) is 7.94. The number of carbonyl (C=O) groups excluding carboxylic acids is 1. The number of aryl methyl sites for hydroxylation is 1. The van der Waals surface area contributed by atoms with Crippen LogP contribution in [0.15, 0.2) is 49.1 Å². The Morgan fingerprint density at radius 2 is 1.88 bits per heavy atom. The minimum absolute atomic E-state index is 0.0140. The first-order chi connectivity index (χ1) is 15.6. The maximum atomic E-state index is 13.0. The fraction of sp³-hybridized carbons (Fsp3) is 0.292. The Balaban J connectivity index is 1.39. The van der Waals surface area contributed by atoms with Crippen LogP contribution in [0.3, 0.4) is 0 Å². The average Bonchev–Trinajstić information content (AvgIpc) is 3.17. The number of aromatic nitrogens is 5. The van der Waals surface area contributed by atoms with E-state index in [0.717, 1.165) is 46.9 Å². The zero-order chi connectivity index (χ0) is 22.1. The summed E-state index contributed by atoms with van der Waals surface area (Å²) in [5, 5.41) is 0.947. The molecular formula is C24H24N6O2. The van der Waals surface area contributed by atoms with Crippen LogP contribution in [0.25, 0.3) is 22.2 Å². The molecule has 1 fully saturated rings. The molecule has 4 aromatic rings. The number of pyridine rings is 3. The van der Waals surface area contributed by atoms with Crippen LogP contribution in [-0.4, -0.2) is 56.6 Å². The second-order valence-electron chi connectivity index (χ2n) is 7.94. The van der Waals surface area contributed by atoms with Gasteiger partial charge in [0.1, 0.15) is 11.6 Å². The van der Waals surface area contributed by atoms with Crippen LogP contribution in [0.2, 0.25) is 0 Å². The van der Waals surface area contributed by atoms with Gasteiger partial charge in [-0.05, 0) is 31.2 Å². The monoisotopic (exact) mass is 428 g/mol. The van der Waals surface area contributed by atoms with Crippen molar-refractivity contribution in [3.8, 4) is 11.3 Å². The van der Waals surface area contributed by atoms with Gasteiger partial charge >= 0.3 is 0 Å². The summed E-state index contributed by atoms with van der Waals surface area (Å²) in [6.07, 6.45) is 7.31. The number of ether oxygens (including phenoxy) is 1. The van der Waals surface area contributed by atoms with E-state index in [4.69, 9.17) is 4.74 Å². The van der Waals surface area contributed by atoms with Gasteiger partial charge in [-0.25, -0.2) is 9.97 Å². The highest BCUT2D eigenvalue weighted by Crippen LogP contribution is 2.24. The third kappa shape index (κ3) is 3.97. The average molecular weight is 428 g/mol. The predicted molar refractivity (Wildman–Crippen MR) is 122 cm³/mol. The Morgan fingerprint density at radius 3 is 2.66 bits per heavy atom. The fourth-order valence-corrected chi connectivity index (χ4v) is 3.91. The predicted octanol–water partition coefficient (Wildman–Crippen LogP) is 3.00. The van der Waals surface area contributed by atoms with E-state index in [1.165, 1.54) is 0 Å². The molecule has 0 spiro atoms. The fourth-order valence-electron chi connectivity index (χ4n) is 3.91. The molecule has 0 amide bonds. The van der Waals surface area contributed by atoms with Crippen molar-refractivity contribution in [3.63, 3.8) is 0 Å². The molecule has 0 atom stereocenters. The van der Waals surface area contributed by atoms with Crippen molar-refractivity contribution in [1.82, 2.24) is 24.5 Å². The van der Waals surface area contributed by atoms with E-state index in [0.29, 0.717) is 24.5 Å². The summed E-state index contributed by atoms with van der Waals surface area (Å²) in [4.78, 5) is 32.9. The highest BCUT2D eigenvalue weighted by Gasteiger charge is 2.16. The molecule has 5 rings (SSSR count). The Kier molecular flexibility index (Phi) is 5.36. The molecule has 0 bridgehead atoms. The van der Waals surface area contributed by atoms with Crippen molar-refractivity contribution >= 4 is 22.5 Å². The lowest BCUT2D eigenvalue weighted by Gasteiger charge is -2.27. The SMILES string of the molecule is Cc1ncc(-c2cnc3cnc(CC(=O)c4ccnc(N5CCOCC5)c4)cc3c2)n1C. The van der Waals surface area contributed by atoms with Crippen LogP contribution >= 0.6 is 0 Å². The van der Waals surface area contributed by atoms with Gasteiger partial charge < -0.3 is 14.2 Å². The molecule has 0 radical (unpaired) electrons. The van der Waals surface area contributed by atoms with Crippen LogP contribution in [0, 0.1) is 6.92 Å². The minimum Gasteiger partial charge on any atom is -0.378 e. The van der Waals surface area contributed by atoms with E-state index in [9.17, 15) is 4.79 Å². The molecule has 0 aliphatic carbocycles. The number of Topliss-reactive ketones (excluding diaryl/α,β-unsaturated/α-hetero) is 1. The summed E-state index contributed by atoms with van der Waals surface area (Å²) < 4.78 is 7.43. The van der Waals surface area contributed by atoms with Gasteiger partial charge in [0, 0.05) is 54.7 Å². The van der Waals surface area contributed by atoms with E-state index in [2.05, 4.69) is 30.9 Å². The number of nitrogens with zero attached hydrogens (tertiary/aromatic N) is 6. The van der Waals surface area contributed by atoms with Gasteiger partial charge in [0.05, 0.1) is 43.2 Å². The molecule has 162 valence electrons. The lowest BCUT2D eigenvalue weighted by Crippen LogP contribution is -2.36. The van der Waals surface area contributed by atoms with Gasteiger partial charge in [-0.15, -0.1) is 0 Å². The smallest absolute Gasteiger partial charge is 0.169 e. The molecular weight excluding hydrogens is 404 g/mol. The third-order valence-corrected chi connectivity index (χ3v) is 5.88. The van der Waals surface area contributed by atoms with Gasteiger partial charge in [0.25, 0.3) is 0 Å². The summed E-state index contributed by atoms with van der Waals surface area (Å²) in [5.41, 5.74) is 4.13. The Bertz CT molecular complexity index is 1290. The van der Waals surface area contributed by atoms with Gasteiger partial charge in [0.15, 0.2) is 5.78 Å². The number of anilines is 1. The summed E-state index contributed by atoms with van der Waals surface area (Å²) in [6.45, 7) is 4.88. The van der Waals surface area contributed by atoms with Crippen LogP contribution in [-0.2, 0) is 18.2 Å². The lowest BCUT2D eigenvalue weighted by molar-refractivity contribution is 0.0992. The topological polar surface area (TPSA) is 86.0 Å². The van der Waals surface area contributed by atoms with Crippen LogP contribution in [0.4, 0.5) is 5.82 Å². The zero-order valence-corrected chi connectivity index (χ0v) is 18.2. The minimum atomic E-state index is 0.0140. The number of imidazole rings is 1. The Morgan fingerprint density at radius 1 is 1.03 bits per heavy atom. The van der Waals surface area contributed by atoms with Crippen molar-refractivity contribution in [2.75, 3.05) is 31.2 Å². The first-order valence-corrected chi connectivity index (χ1v) is 10.6. The van der Waals surface area contributed by atoms with E-state index < -0.39 is 0 Å². The lowest BCUT2D eigenvalue weighted by atomic mass is 10.1. The second kappa shape index (κ2) is 8.47. The molecule has 1 aliphatic rings. The number of hydrogen-bond acceptors (Lipinski definition) is 7. The quantitative estimate of drug-likeness (QED) is 0.452. The number of carbonyl (C=O) groups is 1.